The molecule has 1 saturated carbocycles. The van der Waals surface area contributed by atoms with Crippen LogP contribution in [0.5, 0.6) is 0 Å². The number of nitrogens with zero attached hydrogens (tertiary/aromatic N) is 1. The zero-order chi connectivity index (χ0) is 18.8. The van der Waals surface area contributed by atoms with Crippen LogP contribution in [-0.2, 0) is 15.7 Å². The van der Waals surface area contributed by atoms with Gasteiger partial charge in [0, 0.05) is 25.2 Å². The number of esters is 1. The minimum Gasteiger partial charge on any atom is -0.460 e. The average molecular weight is 357 g/mol. The summed E-state index contributed by atoms with van der Waals surface area (Å²) in [5.41, 5.74) is -0.360. The molecule has 0 unspecified atom stereocenters. The second-order valence-corrected chi connectivity index (χ2v) is 7.78. The van der Waals surface area contributed by atoms with Crippen LogP contribution >= 0.6 is 0 Å². The molecule has 0 N–H and O–H groups in total. The van der Waals surface area contributed by atoms with E-state index in [0.717, 1.165) is 37.1 Å². The summed E-state index contributed by atoms with van der Waals surface area (Å²) in [6, 6.07) is 5.45. The van der Waals surface area contributed by atoms with Gasteiger partial charge in [0.25, 0.3) is 0 Å². The van der Waals surface area contributed by atoms with Gasteiger partial charge in [0.05, 0.1) is 5.56 Å². The summed E-state index contributed by atoms with van der Waals surface area (Å²) in [7, 11) is 1.89. The molecule has 3 nitrogen and oxygen atoms in total. The summed E-state index contributed by atoms with van der Waals surface area (Å²) in [5.74, 6) is 0.0760. The molecule has 0 aromatic heterocycles. The molecule has 140 valence electrons. The molecule has 1 aromatic carbocycles. The highest BCUT2D eigenvalue weighted by Gasteiger charge is 2.32. The van der Waals surface area contributed by atoms with Crippen molar-refractivity contribution in [1.29, 1.82) is 0 Å². The summed E-state index contributed by atoms with van der Waals surface area (Å²) < 4.78 is 43.3. The van der Waals surface area contributed by atoms with Crippen LogP contribution in [0.2, 0.25) is 0 Å². The van der Waals surface area contributed by atoms with Crippen LogP contribution in [0.1, 0.15) is 52.0 Å². The molecular weight excluding hydrogens is 331 g/mol. The number of ether oxygens (including phenoxy) is 1. The Morgan fingerprint density at radius 2 is 1.76 bits per heavy atom. The van der Waals surface area contributed by atoms with Crippen molar-refractivity contribution in [2.75, 3.05) is 11.9 Å². The van der Waals surface area contributed by atoms with Gasteiger partial charge in [0.1, 0.15) is 5.60 Å². The van der Waals surface area contributed by atoms with E-state index in [1.807, 2.05) is 32.7 Å². The quantitative estimate of drug-likeness (QED) is 0.707. The lowest BCUT2D eigenvalue weighted by Crippen LogP contribution is -2.29. The van der Waals surface area contributed by atoms with Crippen LogP contribution < -0.4 is 4.90 Å². The van der Waals surface area contributed by atoms with Gasteiger partial charge < -0.3 is 9.64 Å². The number of rotatable bonds is 4. The molecule has 0 bridgehead atoms. The van der Waals surface area contributed by atoms with Crippen molar-refractivity contribution in [2.24, 2.45) is 5.92 Å². The van der Waals surface area contributed by atoms with Crippen molar-refractivity contribution < 1.29 is 22.7 Å². The van der Waals surface area contributed by atoms with Crippen LogP contribution in [-0.4, -0.2) is 24.7 Å². The molecule has 1 fully saturated rings. The van der Waals surface area contributed by atoms with E-state index in [1.54, 1.807) is 0 Å². The van der Waals surface area contributed by atoms with E-state index in [1.165, 1.54) is 12.1 Å². The molecule has 2 atom stereocenters. The monoisotopic (exact) mass is 357 g/mol. The standard InChI is InChI=1S/C19H26F3NO2/c1-18(2,3)25-17(24)12-13-5-8-16(11-13)23(4)15-9-6-14(7-10-15)19(20,21)22/h6-7,9-10,13,16H,5,8,11-12H2,1-4H3/t13-,16+/m1/s1. The van der Waals surface area contributed by atoms with Crippen molar-refractivity contribution >= 4 is 11.7 Å². The number of anilines is 1. The van der Waals surface area contributed by atoms with Crippen LogP contribution in [0.3, 0.4) is 0 Å². The van der Waals surface area contributed by atoms with Gasteiger partial charge in [-0.05, 0) is 70.2 Å². The number of hydrogen-bond acceptors (Lipinski definition) is 3. The highest BCUT2D eigenvalue weighted by Crippen LogP contribution is 2.35. The predicted molar refractivity (Wildman–Crippen MR) is 91.4 cm³/mol. The Morgan fingerprint density at radius 1 is 1.16 bits per heavy atom. The minimum absolute atomic E-state index is 0.185. The number of benzene rings is 1. The Balaban J connectivity index is 1.91. The van der Waals surface area contributed by atoms with Crippen LogP contribution in [0.25, 0.3) is 0 Å². The van der Waals surface area contributed by atoms with Gasteiger partial charge in [-0.15, -0.1) is 0 Å². The summed E-state index contributed by atoms with van der Waals surface area (Å²) in [6.45, 7) is 5.54. The molecule has 0 radical (unpaired) electrons. The SMILES string of the molecule is CN(c1ccc(C(F)(F)F)cc1)[C@H]1CC[C@@H](CC(=O)OC(C)(C)C)C1. The third kappa shape index (κ3) is 5.65. The minimum atomic E-state index is -4.32. The van der Waals surface area contributed by atoms with E-state index in [0.29, 0.717) is 6.42 Å². The first-order chi connectivity index (χ1) is 11.5. The third-order valence-electron chi connectivity index (χ3n) is 4.54. The van der Waals surface area contributed by atoms with Gasteiger partial charge in [0.2, 0.25) is 0 Å². The third-order valence-corrected chi connectivity index (χ3v) is 4.54. The van der Waals surface area contributed by atoms with Gasteiger partial charge in [-0.25, -0.2) is 0 Å². The fraction of sp³-hybridized carbons (Fsp3) is 0.632. The van der Waals surface area contributed by atoms with E-state index in [2.05, 4.69) is 0 Å². The molecule has 25 heavy (non-hydrogen) atoms. The van der Waals surface area contributed by atoms with Crippen molar-refractivity contribution in [3.8, 4) is 0 Å². The van der Waals surface area contributed by atoms with Crippen molar-refractivity contribution in [1.82, 2.24) is 0 Å². The summed E-state index contributed by atoms with van der Waals surface area (Å²) >= 11 is 0. The van der Waals surface area contributed by atoms with Crippen molar-refractivity contribution in [3.63, 3.8) is 0 Å². The smallest absolute Gasteiger partial charge is 0.416 e. The molecule has 0 spiro atoms. The lowest BCUT2D eigenvalue weighted by molar-refractivity contribution is -0.155. The van der Waals surface area contributed by atoms with Gasteiger partial charge in [-0.2, -0.15) is 13.2 Å². The second-order valence-electron chi connectivity index (χ2n) is 7.78. The zero-order valence-corrected chi connectivity index (χ0v) is 15.2. The van der Waals surface area contributed by atoms with Crippen molar-refractivity contribution in [3.05, 3.63) is 29.8 Å². The predicted octanol–water partition coefficient (Wildman–Crippen LogP) is 5.04. The first kappa shape index (κ1) is 19.6. The maximum atomic E-state index is 12.7. The molecule has 1 aliphatic carbocycles. The molecule has 0 heterocycles. The zero-order valence-electron chi connectivity index (χ0n) is 15.2. The molecule has 1 aliphatic rings. The lowest BCUT2D eigenvalue weighted by Gasteiger charge is -2.27. The molecule has 1 aromatic rings. The number of hydrogen-bond donors (Lipinski definition) is 0. The van der Waals surface area contributed by atoms with Crippen LogP contribution in [0.15, 0.2) is 24.3 Å². The molecule has 6 heteroatoms. The molecule has 0 amide bonds. The number of halogens is 3. The Bertz CT molecular complexity index is 590. The number of carbonyl (C=O) groups excluding carboxylic acids is 1. The van der Waals surface area contributed by atoms with Gasteiger partial charge >= 0.3 is 12.1 Å². The topological polar surface area (TPSA) is 29.5 Å². The van der Waals surface area contributed by atoms with E-state index in [4.69, 9.17) is 4.74 Å². The Hall–Kier alpha value is -1.72. The Kier molecular flexibility index (Phi) is 5.69. The molecular formula is C19H26F3NO2. The first-order valence-electron chi connectivity index (χ1n) is 8.57. The second kappa shape index (κ2) is 7.26. The van der Waals surface area contributed by atoms with Gasteiger partial charge in [0.15, 0.2) is 0 Å². The maximum absolute atomic E-state index is 12.7. The summed E-state index contributed by atoms with van der Waals surface area (Å²) in [6.07, 6.45) is -1.23. The Morgan fingerprint density at radius 3 is 2.28 bits per heavy atom. The van der Waals surface area contributed by atoms with E-state index >= 15 is 0 Å². The van der Waals surface area contributed by atoms with E-state index < -0.39 is 17.3 Å². The highest BCUT2D eigenvalue weighted by atomic mass is 19.4. The lowest BCUT2D eigenvalue weighted by atomic mass is 10.0. The maximum Gasteiger partial charge on any atom is 0.416 e. The number of alkyl halides is 3. The van der Waals surface area contributed by atoms with E-state index in [-0.39, 0.29) is 17.9 Å². The largest absolute Gasteiger partial charge is 0.460 e. The normalized spacial score (nSPS) is 21.2. The molecule has 2 rings (SSSR count). The van der Waals surface area contributed by atoms with E-state index in [9.17, 15) is 18.0 Å². The fourth-order valence-electron chi connectivity index (χ4n) is 3.30. The van der Waals surface area contributed by atoms with Crippen LogP contribution in [0, 0.1) is 5.92 Å². The van der Waals surface area contributed by atoms with Crippen LogP contribution in [0.4, 0.5) is 18.9 Å². The highest BCUT2D eigenvalue weighted by molar-refractivity contribution is 5.70. The molecule has 0 aliphatic heterocycles. The van der Waals surface area contributed by atoms with Gasteiger partial charge in [-0.1, -0.05) is 0 Å². The van der Waals surface area contributed by atoms with Gasteiger partial charge in [-0.3, -0.25) is 4.79 Å². The Labute approximate surface area is 147 Å². The molecule has 0 saturated heterocycles. The first-order valence-corrected chi connectivity index (χ1v) is 8.57. The summed E-state index contributed by atoms with van der Waals surface area (Å²) in [5, 5.41) is 0. The average Bonchev–Trinajstić information content (AvgIpc) is 2.92. The number of carbonyl (C=O) groups is 1. The fourth-order valence-corrected chi connectivity index (χ4v) is 3.30. The van der Waals surface area contributed by atoms with Crippen molar-refractivity contribution in [2.45, 2.75) is 64.3 Å². The summed E-state index contributed by atoms with van der Waals surface area (Å²) in [4.78, 5) is 14.0.